The van der Waals surface area contributed by atoms with Crippen molar-refractivity contribution in [2.45, 2.75) is 39.3 Å². The number of aryl methyl sites for hydroxylation is 3. The normalized spacial score (nSPS) is 11.2. The van der Waals surface area contributed by atoms with Gasteiger partial charge in [0.1, 0.15) is 18.2 Å². The molecule has 0 fully saturated rings. The molecular formula is C16H21N4+. The number of nitrogens with zero attached hydrogens (tertiary/aromatic N) is 3. The van der Waals surface area contributed by atoms with Crippen LogP contribution in [0, 0.1) is 0 Å². The van der Waals surface area contributed by atoms with Crippen molar-refractivity contribution in [2.24, 2.45) is 0 Å². The molecular weight excluding hydrogens is 248 g/mol. The fourth-order valence-corrected chi connectivity index (χ4v) is 2.40. The molecule has 0 bridgehead atoms. The SMILES string of the molecule is CCCC[n+]1ccn(CCc2nc3ccccc3[nH]2)c1. The van der Waals surface area contributed by atoms with Crippen LogP contribution in [0.15, 0.2) is 43.0 Å². The lowest BCUT2D eigenvalue weighted by molar-refractivity contribution is -0.696. The lowest BCUT2D eigenvalue weighted by Gasteiger charge is -1.95. The Kier molecular flexibility index (Phi) is 3.81. The lowest BCUT2D eigenvalue weighted by atomic mass is 10.3. The second-order valence-corrected chi connectivity index (χ2v) is 5.19. The minimum atomic E-state index is 0.928. The number of aromatic amines is 1. The molecule has 2 aromatic heterocycles. The average Bonchev–Trinajstić information content (AvgIpc) is 3.09. The van der Waals surface area contributed by atoms with Gasteiger partial charge in [0.15, 0.2) is 0 Å². The lowest BCUT2D eigenvalue weighted by Crippen LogP contribution is -2.30. The molecule has 0 atom stereocenters. The quantitative estimate of drug-likeness (QED) is 0.686. The van der Waals surface area contributed by atoms with Gasteiger partial charge in [0.2, 0.25) is 6.33 Å². The Bertz CT molecular complexity index is 647. The number of fused-ring (bicyclic) bond motifs is 1. The molecule has 0 aliphatic heterocycles. The smallest absolute Gasteiger partial charge is 0.243 e. The van der Waals surface area contributed by atoms with Gasteiger partial charge in [-0.1, -0.05) is 25.5 Å². The summed E-state index contributed by atoms with van der Waals surface area (Å²) in [5, 5.41) is 0. The van der Waals surface area contributed by atoms with E-state index < -0.39 is 0 Å². The van der Waals surface area contributed by atoms with Gasteiger partial charge in [-0.3, -0.25) is 0 Å². The first-order valence-corrected chi connectivity index (χ1v) is 7.33. The number of benzene rings is 1. The molecule has 2 heterocycles. The largest absolute Gasteiger partial charge is 0.342 e. The molecule has 1 aromatic carbocycles. The number of nitrogens with one attached hydrogen (secondary N) is 1. The summed E-state index contributed by atoms with van der Waals surface area (Å²) in [4.78, 5) is 7.98. The van der Waals surface area contributed by atoms with Crippen molar-refractivity contribution in [3.8, 4) is 0 Å². The third kappa shape index (κ3) is 2.90. The van der Waals surface area contributed by atoms with Crippen molar-refractivity contribution in [1.29, 1.82) is 0 Å². The molecule has 0 radical (unpaired) electrons. The number of hydrogen-bond acceptors (Lipinski definition) is 1. The van der Waals surface area contributed by atoms with Crippen molar-refractivity contribution in [3.05, 3.63) is 48.8 Å². The number of H-pyrrole nitrogens is 1. The van der Waals surface area contributed by atoms with Gasteiger partial charge < -0.3 is 4.98 Å². The first-order valence-electron chi connectivity index (χ1n) is 7.33. The summed E-state index contributed by atoms with van der Waals surface area (Å²) in [6.45, 7) is 4.28. The van der Waals surface area contributed by atoms with Crippen molar-refractivity contribution in [2.75, 3.05) is 0 Å². The van der Waals surface area contributed by atoms with Crippen LogP contribution in [0.4, 0.5) is 0 Å². The number of rotatable bonds is 6. The van der Waals surface area contributed by atoms with E-state index in [1.54, 1.807) is 0 Å². The van der Waals surface area contributed by atoms with E-state index in [0.717, 1.165) is 36.4 Å². The van der Waals surface area contributed by atoms with E-state index in [2.05, 4.69) is 50.8 Å². The molecule has 0 aliphatic carbocycles. The zero-order chi connectivity index (χ0) is 13.8. The van der Waals surface area contributed by atoms with E-state index in [-0.39, 0.29) is 0 Å². The van der Waals surface area contributed by atoms with Gasteiger partial charge in [0.25, 0.3) is 0 Å². The van der Waals surface area contributed by atoms with E-state index in [1.165, 1.54) is 12.8 Å². The Morgan fingerprint density at radius 2 is 2.20 bits per heavy atom. The van der Waals surface area contributed by atoms with Crippen molar-refractivity contribution < 1.29 is 4.57 Å². The second kappa shape index (κ2) is 5.90. The Labute approximate surface area is 119 Å². The molecule has 104 valence electrons. The molecule has 0 spiro atoms. The highest BCUT2D eigenvalue weighted by Gasteiger charge is 2.06. The van der Waals surface area contributed by atoms with Crippen LogP contribution in [0.5, 0.6) is 0 Å². The Hall–Kier alpha value is -2.10. The maximum Gasteiger partial charge on any atom is 0.243 e. The Morgan fingerprint density at radius 3 is 3.05 bits per heavy atom. The first kappa shape index (κ1) is 12.9. The highest BCUT2D eigenvalue weighted by Crippen LogP contribution is 2.10. The predicted octanol–water partition coefficient (Wildman–Crippen LogP) is 2.69. The van der Waals surface area contributed by atoms with Crippen LogP contribution in [0.3, 0.4) is 0 Å². The summed E-state index contributed by atoms with van der Waals surface area (Å²) in [7, 11) is 0. The summed E-state index contributed by atoms with van der Waals surface area (Å²) < 4.78 is 4.48. The fourth-order valence-electron chi connectivity index (χ4n) is 2.40. The minimum absolute atomic E-state index is 0.928. The van der Waals surface area contributed by atoms with E-state index in [9.17, 15) is 0 Å². The van der Waals surface area contributed by atoms with Crippen LogP contribution in [0.1, 0.15) is 25.6 Å². The van der Waals surface area contributed by atoms with Crippen LogP contribution in [0.25, 0.3) is 11.0 Å². The molecule has 0 amide bonds. The predicted molar refractivity (Wildman–Crippen MR) is 79.3 cm³/mol. The molecule has 0 saturated heterocycles. The molecule has 4 heteroatoms. The summed E-state index contributed by atoms with van der Waals surface area (Å²) in [5.74, 6) is 1.06. The first-order chi connectivity index (χ1) is 9.85. The summed E-state index contributed by atoms with van der Waals surface area (Å²) in [6.07, 6.45) is 9.86. The minimum Gasteiger partial charge on any atom is -0.342 e. The van der Waals surface area contributed by atoms with Crippen LogP contribution in [-0.2, 0) is 19.5 Å². The molecule has 20 heavy (non-hydrogen) atoms. The molecule has 1 N–H and O–H groups in total. The third-order valence-corrected chi connectivity index (χ3v) is 3.56. The van der Waals surface area contributed by atoms with E-state index in [1.807, 2.05) is 18.2 Å². The van der Waals surface area contributed by atoms with E-state index >= 15 is 0 Å². The van der Waals surface area contributed by atoms with Crippen molar-refractivity contribution >= 4 is 11.0 Å². The molecule has 3 aromatic rings. The van der Waals surface area contributed by atoms with E-state index in [0.29, 0.717) is 0 Å². The zero-order valence-corrected chi connectivity index (χ0v) is 11.9. The van der Waals surface area contributed by atoms with E-state index in [4.69, 9.17) is 0 Å². The van der Waals surface area contributed by atoms with Gasteiger partial charge >= 0.3 is 0 Å². The fraction of sp³-hybridized carbons (Fsp3) is 0.375. The van der Waals surface area contributed by atoms with Crippen LogP contribution in [-0.4, -0.2) is 14.5 Å². The van der Waals surface area contributed by atoms with Crippen molar-refractivity contribution in [3.63, 3.8) is 0 Å². The van der Waals surface area contributed by atoms with Crippen LogP contribution in [0.2, 0.25) is 0 Å². The molecule has 4 nitrogen and oxygen atoms in total. The number of aromatic nitrogens is 4. The highest BCUT2D eigenvalue weighted by molar-refractivity contribution is 5.74. The maximum atomic E-state index is 4.61. The summed E-state index contributed by atoms with van der Waals surface area (Å²) in [5.41, 5.74) is 2.17. The number of unbranched alkanes of at least 4 members (excludes halogenated alkanes) is 1. The average molecular weight is 269 g/mol. The van der Waals surface area contributed by atoms with Gasteiger partial charge in [-0.15, -0.1) is 0 Å². The summed E-state index contributed by atoms with van der Waals surface area (Å²) >= 11 is 0. The molecule has 3 rings (SSSR count). The maximum absolute atomic E-state index is 4.61. The second-order valence-electron chi connectivity index (χ2n) is 5.19. The zero-order valence-electron chi connectivity index (χ0n) is 11.9. The van der Waals surface area contributed by atoms with Gasteiger partial charge in [-0.05, 0) is 18.6 Å². The van der Waals surface area contributed by atoms with Crippen LogP contribution >= 0.6 is 0 Å². The molecule has 0 aliphatic rings. The summed E-state index contributed by atoms with van der Waals surface area (Å²) in [6, 6.07) is 8.17. The van der Waals surface area contributed by atoms with Crippen molar-refractivity contribution in [1.82, 2.24) is 14.5 Å². The third-order valence-electron chi connectivity index (χ3n) is 3.56. The number of imidazole rings is 2. The number of hydrogen-bond donors (Lipinski definition) is 1. The van der Waals surface area contributed by atoms with Crippen LogP contribution < -0.4 is 4.57 Å². The Morgan fingerprint density at radius 1 is 1.30 bits per heavy atom. The highest BCUT2D eigenvalue weighted by atomic mass is 15.1. The van der Waals surface area contributed by atoms with Gasteiger partial charge in [-0.2, -0.15) is 0 Å². The standard InChI is InChI=1S/C16H21N4/c1-2-3-9-19-11-12-20(13-19)10-8-16-17-14-6-4-5-7-15(14)18-16/h4-7,11-13H,2-3,8-10H2,1H3,(H,17,18)/q+1. The molecule has 0 unspecified atom stereocenters. The monoisotopic (exact) mass is 269 g/mol. The van der Waals surface area contributed by atoms with Gasteiger partial charge in [0.05, 0.1) is 24.1 Å². The van der Waals surface area contributed by atoms with Gasteiger partial charge in [-0.25, -0.2) is 14.1 Å². The Balaban J connectivity index is 1.62. The topological polar surface area (TPSA) is 37.5 Å². The molecule has 0 saturated carbocycles. The van der Waals surface area contributed by atoms with Gasteiger partial charge in [0, 0.05) is 6.42 Å². The number of para-hydroxylation sites is 2.